The van der Waals surface area contributed by atoms with Crippen LogP contribution in [0.2, 0.25) is 0 Å². The largest absolute Gasteiger partial charge is 0.474 e. The molecular weight excluding hydrogens is 204 g/mol. The number of hydrogen-bond acceptors (Lipinski definition) is 3. The van der Waals surface area contributed by atoms with Crippen LogP contribution in [0.4, 0.5) is 0 Å². The molecule has 1 heterocycles. The average Bonchev–Trinajstić information content (AvgIpc) is 2.50. The van der Waals surface area contributed by atoms with Gasteiger partial charge in [0.15, 0.2) is 0 Å². The first-order chi connectivity index (χ1) is 7.56. The molecule has 16 heavy (non-hydrogen) atoms. The Morgan fingerprint density at radius 1 is 1.31 bits per heavy atom. The summed E-state index contributed by atoms with van der Waals surface area (Å²) in [5.41, 5.74) is 2.10. The summed E-state index contributed by atoms with van der Waals surface area (Å²) >= 11 is 0. The Hall–Kier alpha value is -1.03. The van der Waals surface area contributed by atoms with Gasteiger partial charge in [0, 0.05) is 11.3 Å². The van der Waals surface area contributed by atoms with Crippen LogP contribution in [0.5, 0.6) is 5.88 Å². The Morgan fingerprint density at radius 2 is 1.88 bits per heavy atom. The van der Waals surface area contributed by atoms with Crippen LogP contribution in [-0.4, -0.2) is 27.6 Å². The van der Waals surface area contributed by atoms with Crippen molar-refractivity contribution >= 4 is 0 Å². The van der Waals surface area contributed by atoms with E-state index >= 15 is 0 Å². The Bertz CT molecular complexity index is 306. The van der Waals surface area contributed by atoms with Crippen LogP contribution in [0.15, 0.2) is 0 Å². The van der Waals surface area contributed by atoms with Gasteiger partial charge in [-0.05, 0) is 27.7 Å². The Labute approximate surface area is 98.2 Å². The summed E-state index contributed by atoms with van der Waals surface area (Å²) in [6.07, 6.45) is 0.130. The zero-order valence-corrected chi connectivity index (χ0v) is 11.2. The van der Waals surface area contributed by atoms with Crippen LogP contribution in [0.25, 0.3) is 0 Å². The van der Waals surface area contributed by atoms with Gasteiger partial charge >= 0.3 is 0 Å². The molecule has 4 heteroatoms. The van der Waals surface area contributed by atoms with Crippen molar-refractivity contribution in [3.05, 3.63) is 11.3 Å². The van der Waals surface area contributed by atoms with Crippen LogP contribution in [0.3, 0.4) is 0 Å². The minimum atomic E-state index is 0.100. The zero-order valence-electron chi connectivity index (χ0n) is 11.2. The van der Waals surface area contributed by atoms with Gasteiger partial charge in [0.2, 0.25) is 5.88 Å². The SMILES string of the molecule is CC.Cc1c(OC(C)C)nn(CCO)c1C. The van der Waals surface area contributed by atoms with E-state index in [-0.39, 0.29) is 12.7 Å². The first-order valence-electron chi connectivity index (χ1n) is 5.87. The van der Waals surface area contributed by atoms with Crippen molar-refractivity contribution < 1.29 is 9.84 Å². The summed E-state index contributed by atoms with van der Waals surface area (Å²) in [6.45, 7) is 12.5. The third-order valence-electron chi connectivity index (χ3n) is 2.12. The smallest absolute Gasteiger partial charge is 0.236 e. The fourth-order valence-corrected chi connectivity index (χ4v) is 1.26. The third-order valence-corrected chi connectivity index (χ3v) is 2.12. The van der Waals surface area contributed by atoms with Gasteiger partial charge in [-0.1, -0.05) is 13.8 Å². The van der Waals surface area contributed by atoms with Gasteiger partial charge in [-0.3, -0.25) is 4.68 Å². The van der Waals surface area contributed by atoms with Crippen molar-refractivity contribution in [1.29, 1.82) is 0 Å². The molecule has 0 bridgehead atoms. The number of ether oxygens (including phenoxy) is 1. The fraction of sp³-hybridized carbons (Fsp3) is 0.750. The molecule has 0 saturated heterocycles. The van der Waals surface area contributed by atoms with Gasteiger partial charge in [0.1, 0.15) is 0 Å². The molecule has 1 aromatic heterocycles. The molecule has 0 aliphatic carbocycles. The lowest BCUT2D eigenvalue weighted by Gasteiger charge is -2.06. The lowest BCUT2D eigenvalue weighted by Crippen LogP contribution is -2.08. The molecule has 0 aromatic carbocycles. The second-order valence-electron chi connectivity index (χ2n) is 3.63. The van der Waals surface area contributed by atoms with Crippen LogP contribution >= 0.6 is 0 Å². The Balaban J connectivity index is 0.00000106. The van der Waals surface area contributed by atoms with Crippen molar-refractivity contribution in [2.24, 2.45) is 0 Å². The number of hydrogen-bond donors (Lipinski definition) is 1. The molecule has 0 aliphatic rings. The molecule has 0 radical (unpaired) electrons. The standard InChI is InChI=1S/C10H18N2O2.C2H6/c1-7(2)14-10-8(3)9(4)12(11-10)5-6-13;1-2/h7,13H,5-6H2,1-4H3;1-2H3. The summed E-state index contributed by atoms with van der Waals surface area (Å²) in [4.78, 5) is 0. The predicted octanol–water partition coefficient (Wildman–Crippen LogP) is 2.31. The number of aliphatic hydroxyl groups excluding tert-OH is 1. The molecule has 0 fully saturated rings. The summed E-state index contributed by atoms with van der Waals surface area (Å²) in [5.74, 6) is 0.672. The molecule has 0 aliphatic heterocycles. The summed E-state index contributed by atoms with van der Waals surface area (Å²) < 4.78 is 7.31. The topological polar surface area (TPSA) is 47.3 Å². The monoisotopic (exact) mass is 228 g/mol. The van der Waals surface area contributed by atoms with Crippen LogP contribution in [-0.2, 0) is 6.54 Å². The lowest BCUT2D eigenvalue weighted by atomic mass is 10.3. The minimum Gasteiger partial charge on any atom is -0.474 e. The lowest BCUT2D eigenvalue weighted by molar-refractivity contribution is 0.224. The van der Waals surface area contributed by atoms with E-state index in [4.69, 9.17) is 9.84 Å². The molecule has 94 valence electrons. The van der Waals surface area contributed by atoms with Crippen LogP contribution < -0.4 is 4.74 Å². The van der Waals surface area contributed by atoms with Crippen molar-refractivity contribution in [3.8, 4) is 5.88 Å². The maximum absolute atomic E-state index is 8.82. The van der Waals surface area contributed by atoms with Crippen molar-refractivity contribution in [2.75, 3.05) is 6.61 Å². The highest BCUT2D eigenvalue weighted by Crippen LogP contribution is 2.20. The van der Waals surface area contributed by atoms with Gasteiger partial charge in [0.25, 0.3) is 0 Å². The van der Waals surface area contributed by atoms with E-state index in [1.807, 2.05) is 41.5 Å². The van der Waals surface area contributed by atoms with Gasteiger partial charge in [-0.2, -0.15) is 0 Å². The van der Waals surface area contributed by atoms with E-state index in [0.29, 0.717) is 12.4 Å². The highest BCUT2D eigenvalue weighted by atomic mass is 16.5. The maximum Gasteiger partial charge on any atom is 0.236 e. The molecule has 4 nitrogen and oxygen atoms in total. The third kappa shape index (κ3) is 3.85. The van der Waals surface area contributed by atoms with Crippen LogP contribution in [0.1, 0.15) is 39.0 Å². The van der Waals surface area contributed by atoms with E-state index in [2.05, 4.69) is 5.10 Å². The van der Waals surface area contributed by atoms with Gasteiger partial charge < -0.3 is 9.84 Å². The molecule has 0 spiro atoms. The normalized spacial score (nSPS) is 10.0. The molecule has 1 rings (SSSR count). The number of aromatic nitrogens is 2. The molecular formula is C12H24N2O2. The highest BCUT2D eigenvalue weighted by molar-refractivity contribution is 5.28. The predicted molar refractivity (Wildman–Crippen MR) is 65.9 cm³/mol. The first kappa shape index (κ1) is 15.0. The molecule has 1 aromatic rings. The second-order valence-corrected chi connectivity index (χ2v) is 3.63. The minimum absolute atomic E-state index is 0.100. The average molecular weight is 228 g/mol. The number of aliphatic hydroxyl groups is 1. The molecule has 0 atom stereocenters. The molecule has 0 saturated carbocycles. The Morgan fingerprint density at radius 3 is 2.31 bits per heavy atom. The van der Waals surface area contributed by atoms with Crippen molar-refractivity contribution in [1.82, 2.24) is 9.78 Å². The highest BCUT2D eigenvalue weighted by Gasteiger charge is 2.12. The van der Waals surface area contributed by atoms with Gasteiger partial charge in [0.05, 0.1) is 19.3 Å². The van der Waals surface area contributed by atoms with Crippen molar-refractivity contribution in [3.63, 3.8) is 0 Å². The molecule has 0 unspecified atom stereocenters. The van der Waals surface area contributed by atoms with Crippen molar-refractivity contribution in [2.45, 2.75) is 54.2 Å². The molecule has 1 N–H and O–H groups in total. The van der Waals surface area contributed by atoms with E-state index in [9.17, 15) is 0 Å². The second kappa shape index (κ2) is 7.28. The van der Waals surface area contributed by atoms with Crippen LogP contribution in [0, 0.1) is 13.8 Å². The summed E-state index contributed by atoms with van der Waals surface area (Å²) in [5, 5.41) is 13.1. The zero-order chi connectivity index (χ0) is 12.7. The summed E-state index contributed by atoms with van der Waals surface area (Å²) in [7, 11) is 0. The fourth-order valence-electron chi connectivity index (χ4n) is 1.26. The van der Waals surface area contributed by atoms with E-state index in [0.717, 1.165) is 11.3 Å². The summed E-state index contributed by atoms with van der Waals surface area (Å²) in [6, 6.07) is 0. The van der Waals surface area contributed by atoms with Gasteiger partial charge in [-0.25, -0.2) is 0 Å². The van der Waals surface area contributed by atoms with E-state index in [1.165, 1.54) is 0 Å². The Kier molecular flexibility index (Phi) is 6.81. The van der Waals surface area contributed by atoms with E-state index in [1.54, 1.807) is 4.68 Å². The quantitative estimate of drug-likeness (QED) is 0.860. The van der Waals surface area contributed by atoms with Gasteiger partial charge in [-0.15, -0.1) is 5.10 Å². The molecule has 0 amide bonds. The van der Waals surface area contributed by atoms with E-state index < -0.39 is 0 Å². The maximum atomic E-state index is 8.82. The number of rotatable bonds is 4. The first-order valence-corrected chi connectivity index (χ1v) is 5.87. The number of nitrogens with zero attached hydrogens (tertiary/aromatic N) is 2.